The zero-order valence-electron chi connectivity index (χ0n) is 27.0. The van der Waals surface area contributed by atoms with Gasteiger partial charge in [0.1, 0.15) is 6.10 Å². The second kappa shape index (κ2) is 15.5. The van der Waals surface area contributed by atoms with Gasteiger partial charge < -0.3 is 9.47 Å². The summed E-state index contributed by atoms with van der Waals surface area (Å²) in [4.78, 5) is 12.4. The number of hydrogen-bond acceptors (Lipinski definition) is 3. The van der Waals surface area contributed by atoms with Crippen molar-refractivity contribution in [2.45, 2.75) is 175 Å². The lowest BCUT2D eigenvalue weighted by Gasteiger charge is -2.58. The minimum atomic E-state index is -0.440. The lowest BCUT2D eigenvalue weighted by Crippen LogP contribution is -2.50. The summed E-state index contributed by atoms with van der Waals surface area (Å²) in [6, 6.07) is 0. The molecule has 3 nitrogen and oxygen atoms in total. The summed E-state index contributed by atoms with van der Waals surface area (Å²) in [5, 5.41) is 0. The summed E-state index contributed by atoms with van der Waals surface area (Å²) in [5.41, 5.74) is 2.48. The van der Waals surface area contributed by atoms with Crippen molar-refractivity contribution in [1.82, 2.24) is 0 Å². The van der Waals surface area contributed by atoms with Gasteiger partial charge in [-0.2, -0.15) is 0 Å². The van der Waals surface area contributed by atoms with Crippen molar-refractivity contribution in [3.63, 3.8) is 0 Å². The van der Waals surface area contributed by atoms with E-state index in [0.717, 1.165) is 49.4 Å². The van der Waals surface area contributed by atoms with E-state index in [1.807, 2.05) is 0 Å². The Balaban J connectivity index is 1.22. The lowest BCUT2D eigenvalue weighted by atomic mass is 9.47. The Morgan fingerprint density at radius 3 is 2.20 bits per heavy atom. The summed E-state index contributed by atoms with van der Waals surface area (Å²) < 4.78 is 11.3. The fraction of sp³-hybridized carbons (Fsp3) is 0.919. The molecule has 0 aliphatic heterocycles. The monoisotopic (exact) mass is 556 g/mol. The van der Waals surface area contributed by atoms with E-state index in [9.17, 15) is 4.79 Å². The van der Waals surface area contributed by atoms with Crippen LogP contribution < -0.4 is 0 Å². The molecule has 3 fully saturated rings. The highest BCUT2D eigenvalue weighted by Crippen LogP contribution is 2.66. The maximum Gasteiger partial charge on any atom is 0.508 e. The Hall–Kier alpha value is -0.990. The summed E-state index contributed by atoms with van der Waals surface area (Å²) in [6.07, 6.45) is 30.9. The van der Waals surface area contributed by atoms with Crippen molar-refractivity contribution in [3.05, 3.63) is 11.6 Å². The van der Waals surface area contributed by atoms with Gasteiger partial charge in [-0.05, 0) is 92.3 Å². The van der Waals surface area contributed by atoms with Crippen LogP contribution in [0.5, 0.6) is 0 Å². The van der Waals surface area contributed by atoms with Gasteiger partial charge in [-0.1, -0.05) is 116 Å². The summed E-state index contributed by atoms with van der Waals surface area (Å²) >= 11 is 0. The van der Waals surface area contributed by atoms with Crippen LogP contribution in [0.25, 0.3) is 0 Å². The van der Waals surface area contributed by atoms with Gasteiger partial charge in [-0.25, -0.2) is 4.79 Å². The van der Waals surface area contributed by atoms with E-state index in [0.29, 0.717) is 17.4 Å². The van der Waals surface area contributed by atoms with Crippen LogP contribution in [0.2, 0.25) is 0 Å². The first-order valence-corrected chi connectivity index (χ1v) is 17.9. The van der Waals surface area contributed by atoms with Gasteiger partial charge >= 0.3 is 6.16 Å². The zero-order chi connectivity index (χ0) is 28.4. The number of carbonyl (C=O) groups is 1. The second-order valence-corrected chi connectivity index (χ2v) is 14.8. The Kier molecular flexibility index (Phi) is 12.4. The predicted octanol–water partition coefficient (Wildman–Crippen LogP) is 11.6. The fourth-order valence-corrected chi connectivity index (χ4v) is 9.87. The highest BCUT2D eigenvalue weighted by Gasteiger charge is 2.58. The molecule has 0 aromatic rings. The van der Waals surface area contributed by atoms with Crippen LogP contribution in [0.4, 0.5) is 4.79 Å². The van der Waals surface area contributed by atoms with E-state index >= 15 is 0 Å². The molecule has 0 radical (unpaired) electrons. The van der Waals surface area contributed by atoms with E-state index in [4.69, 9.17) is 9.47 Å². The molecule has 0 spiro atoms. The van der Waals surface area contributed by atoms with E-state index in [1.165, 1.54) is 116 Å². The Morgan fingerprint density at radius 1 is 0.800 bits per heavy atom. The molecule has 0 N–H and O–H groups in total. The number of hydrogen-bond donors (Lipinski definition) is 0. The number of allylic oxidation sites excluding steroid dienone is 1. The van der Waals surface area contributed by atoms with Crippen molar-refractivity contribution in [1.29, 1.82) is 0 Å². The minimum Gasteiger partial charge on any atom is -0.434 e. The van der Waals surface area contributed by atoms with Crippen LogP contribution in [-0.2, 0) is 9.47 Å². The highest BCUT2D eigenvalue weighted by atomic mass is 16.7. The number of ether oxygens (including phenoxy) is 2. The van der Waals surface area contributed by atoms with Crippen molar-refractivity contribution in [2.75, 3.05) is 6.61 Å². The number of unbranched alkanes of at least 4 members (excludes halogenated alkanes) is 11. The van der Waals surface area contributed by atoms with Crippen LogP contribution in [0.1, 0.15) is 169 Å². The van der Waals surface area contributed by atoms with Crippen LogP contribution in [-0.4, -0.2) is 18.9 Å². The zero-order valence-corrected chi connectivity index (χ0v) is 27.0. The third kappa shape index (κ3) is 7.69. The number of carbonyl (C=O) groups excluding carboxylic acids is 1. The minimum absolute atomic E-state index is 0.000498. The summed E-state index contributed by atoms with van der Waals surface area (Å²) in [5.74, 6) is 3.57. The van der Waals surface area contributed by atoms with Crippen LogP contribution >= 0.6 is 0 Å². The average molecular weight is 557 g/mol. The molecule has 0 bridgehead atoms. The van der Waals surface area contributed by atoms with Crippen molar-refractivity contribution in [3.8, 4) is 0 Å². The quantitative estimate of drug-likeness (QED) is 0.108. The van der Waals surface area contributed by atoms with E-state index in [2.05, 4.69) is 33.8 Å². The van der Waals surface area contributed by atoms with E-state index < -0.39 is 6.16 Å². The van der Waals surface area contributed by atoms with Crippen molar-refractivity contribution >= 4 is 6.16 Å². The highest BCUT2D eigenvalue weighted by molar-refractivity contribution is 5.60. The van der Waals surface area contributed by atoms with Gasteiger partial charge in [0, 0.05) is 6.42 Å². The van der Waals surface area contributed by atoms with E-state index in [-0.39, 0.29) is 6.10 Å². The molecule has 40 heavy (non-hydrogen) atoms. The predicted molar refractivity (Wildman–Crippen MR) is 167 cm³/mol. The smallest absolute Gasteiger partial charge is 0.434 e. The maximum absolute atomic E-state index is 12.4. The fourth-order valence-electron chi connectivity index (χ4n) is 9.87. The summed E-state index contributed by atoms with van der Waals surface area (Å²) in [6.45, 7) is 10.3. The lowest BCUT2D eigenvalue weighted by molar-refractivity contribution is -0.0563. The summed E-state index contributed by atoms with van der Waals surface area (Å²) in [7, 11) is 0. The van der Waals surface area contributed by atoms with Crippen LogP contribution in [0.15, 0.2) is 11.6 Å². The van der Waals surface area contributed by atoms with E-state index in [1.54, 1.807) is 5.57 Å². The van der Waals surface area contributed by atoms with Gasteiger partial charge in [-0.15, -0.1) is 0 Å². The molecule has 0 amide bonds. The molecule has 0 saturated heterocycles. The third-order valence-corrected chi connectivity index (χ3v) is 12.4. The van der Waals surface area contributed by atoms with Crippen LogP contribution in [0, 0.1) is 34.5 Å². The number of fused-ring (bicyclic) bond motifs is 5. The van der Waals surface area contributed by atoms with Crippen molar-refractivity contribution < 1.29 is 14.3 Å². The molecule has 230 valence electrons. The molecule has 0 heterocycles. The average Bonchev–Trinajstić information content (AvgIpc) is 3.28. The molecular formula is C37H64O3. The van der Waals surface area contributed by atoms with Gasteiger partial charge in [0.05, 0.1) is 6.61 Å². The Bertz CT molecular complexity index is 803. The first-order chi connectivity index (χ1) is 19.4. The molecule has 0 unspecified atom stereocenters. The first-order valence-electron chi connectivity index (χ1n) is 17.9. The molecule has 7 atom stereocenters. The molecule has 0 aromatic carbocycles. The molecule has 4 aliphatic carbocycles. The SMILES string of the molecule is CCCCCCCCCOC(=O)O[C@H]1CC[C@@]2(C)C(=CC[C@H]3[C@H]4CC[C@@H](CCCCCCCC)[C@@]4(C)CC[C@@H]32)C1. The standard InChI is InChI=1S/C37H64O3/c1-5-7-9-11-13-15-17-27-39-35(38)40-31-23-25-37(4)30(28-31)19-21-32-33-22-20-29(18-16-14-12-10-8-6-2)36(33,3)26-24-34(32)37/h19,29,31-34H,5-18,20-28H2,1-4H3/t29-,31+,32+,33-,34+,36-,37+/m1/s1. The normalized spacial score (nSPS) is 34.9. The Morgan fingerprint density at radius 2 is 1.48 bits per heavy atom. The van der Waals surface area contributed by atoms with Crippen molar-refractivity contribution in [2.24, 2.45) is 34.5 Å². The molecule has 4 rings (SSSR count). The van der Waals surface area contributed by atoms with Gasteiger partial charge in [-0.3, -0.25) is 0 Å². The molecular weight excluding hydrogens is 492 g/mol. The molecule has 3 saturated carbocycles. The molecule has 3 heteroatoms. The maximum atomic E-state index is 12.4. The second-order valence-electron chi connectivity index (χ2n) is 14.8. The molecule has 4 aliphatic rings. The largest absolute Gasteiger partial charge is 0.508 e. The van der Waals surface area contributed by atoms with Gasteiger partial charge in [0.2, 0.25) is 0 Å². The van der Waals surface area contributed by atoms with Gasteiger partial charge in [0.25, 0.3) is 0 Å². The number of rotatable bonds is 16. The molecule has 0 aromatic heterocycles. The van der Waals surface area contributed by atoms with Gasteiger partial charge in [0.15, 0.2) is 0 Å². The Labute approximate surface area is 248 Å². The topological polar surface area (TPSA) is 35.5 Å². The first kappa shape index (κ1) is 31.9. The third-order valence-electron chi connectivity index (χ3n) is 12.4. The van der Waals surface area contributed by atoms with Crippen LogP contribution in [0.3, 0.4) is 0 Å².